The number of hydrogen-bond donors (Lipinski definition) is 1. The molecule has 4 aromatic rings. The van der Waals surface area contributed by atoms with Gasteiger partial charge in [0.05, 0.1) is 12.1 Å². The first-order valence-corrected chi connectivity index (χ1v) is 7.91. The molecule has 0 unspecified atom stereocenters. The van der Waals surface area contributed by atoms with E-state index in [1.54, 1.807) is 6.07 Å². The molecule has 1 N–H and O–H groups in total. The molecule has 5 heteroatoms. The third-order valence-corrected chi connectivity index (χ3v) is 4.06. The molecule has 0 radical (unpaired) electrons. The zero-order valence-corrected chi connectivity index (χ0v) is 13.3. The molecule has 2 heterocycles. The number of carbonyl (C=O) groups is 1. The van der Waals surface area contributed by atoms with E-state index in [-0.39, 0.29) is 5.56 Å². The van der Waals surface area contributed by atoms with Gasteiger partial charge in [0, 0.05) is 17.1 Å². The van der Waals surface area contributed by atoms with Crippen LogP contribution in [0.2, 0.25) is 0 Å². The number of hydrogen-bond acceptors (Lipinski definition) is 3. The molecule has 0 aliphatic carbocycles. The van der Waals surface area contributed by atoms with Crippen LogP contribution in [-0.2, 0) is 6.54 Å². The lowest BCUT2D eigenvalue weighted by molar-refractivity contribution is 0.0696. The SMILES string of the molecule is O=C(O)c1cnc2c(c1)c(-c1ccccc1)nn2Cc1ccccc1. The van der Waals surface area contributed by atoms with Crippen molar-refractivity contribution in [3.63, 3.8) is 0 Å². The molecule has 2 aromatic carbocycles. The number of carboxylic acids is 1. The Bertz CT molecular complexity index is 1040. The zero-order chi connectivity index (χ0) is 17.2. The summed E-state index contributed by atoms with van der Waals surface area (Å²) in [4.78, 5) is 15.7. The maximum Gasteiger partial charge on any atom is 0.337 e. The fourth-order valence-corrected chi connectivity index (χ4v) is 2.85. The van der Waals surface area contributed by atoms with E-state index in [2.05, 4.69) is 4.98 Å². The second kappa shape index (κ2) is 6.20. The number of rotatable bonds is 4. The summed E-state index contributed by atoms with van der Waals surface area (Å²) in [5, 5.41) is 14.7. The van der Waals surface area contributed by atoms with E-state index < -0.39 is 5.97 Å². The van der Waals surface area contributed by atoms with Gasteiger partial charge in [0.25, 0.3) is 0 Å². The number of benzene rings is 2. The predicted octanol–water partition coefficient (Wildman–Crippen LogP) is 3.84. The van der Waals surface area contributed by atoms with E-state index in [1.165, 1.54) is 6.20 Å². The number of carboxylic acid groups (broad SMARTS) is 1. The Hall–Kier alpha value is -3.47. The standard InChI is InChI=1S/C20H15N3O2/c24-20(25)16-11-17-18(15-9-5-2-6-10-15)22-23(19(17)21-12-16)13-14-7-3-1-4-8-14/h1-12H,13H2,(H,24,25). The van der Waals surface area contributed by atoms with Crippen molar-refractivity contribution in [3.8, 4) is 11.3 Å². The maximum absolute atomic E-state index is 11.3. The van der Waals surface area contributed by atoms with Crippen LogP contribution < -0.4 is 0 Å². The highest BCUT2D eigenvalue weighted by atomic mass is 16.4. The second-order valence-electron chi connectivity index (χ2n) is 5.76. The molecule has 0 saturated carbocycles. The maximum atomic E-state index is 11.3. The van der Waals surface area contributed by atoms with Crippen LogP contribution in [0.15, 0.2) is 72.9 Å². The molecular formula is C20H15N3O2. The lowest BCUT2D eigenvalue weighted by Gasteiger charge is -2.03. The van der Waals surface area contributed by atoms with E-state index in [4.69, 9.17) is 5.10 Å². The average molecular weight is 329 g/mol. The third kappa shape index (κ3) is 2.87. The summed E-state index contributed by atoms with van der Waals surface area (Å²) >= 11 is 0. The molecule has 0 atom stereocenters. The summed E-state index contributed by atoms with van der Waals surface area (Å²) in [6.45, 7) is 0.573. The normalized spacial score (nSPS) is 10.9. The first-order valence-electron chi connectivity index (χ1n) is 7.91. The molecule has 0 saturated heterocycles. The Morgan fingerprint density at radius 2 is 1.68 bits per heavy atom. The van der Waals surface area contributed by atoms with Crippen LogP contribution in [0, 0.1) is 0 Å². The van der Waals surface area contributed by atoms with Crippen molar-refractivity contribution in [1.29, 1.82) is 0 Å². The van der Waals surface area contributed by atoms with Crippen LogP contribution >= 0.6 is 0 Å². The Morgan fingerprint density at radius 3 is 2.36 bits per heavy atom. The van der Waals surface area contributed by atoms with E-state index in [1.807, 2.05) is 65.3 Å². The fourth-order valence-electron chi connectivity index (χ4n) is 2.85. The quantitative estimate of drug-likeness (QED) is 0.617. The predicted molar refractivity (Wildman–Crippen MR) is 95.5 cm³/mol. The second-order valence-corrected chi connectivity index (χ2v) is 5.76. The van der Waals surface area contributed by atoms with Gasteiger partial charge in [0.1, 0.15) is 5.69 Å². The summed E-state index contributed by atoms with van der Waals surface area (Å²) in [5.74, 6) is -0.996. The van der Waals surface area contributed by atoms with Crippen molar-refractivity contribution in [3.05, 3.63) is 84.1 Å². The van der Waals surface area contributed by atoms with Gasteiger partial charge < -0.3 is 5.11 Å². The largest absolute Gasteiger partial charge is 0.478 e. The van der Waals surface area contributed by atoms with Gasteiger partial charge in [-0.15, -0.1) is 0 Å². The molecule has 0 aliphatic rings. The lowest BCUT2D eigenvalue weighted by Crippen LogP contribution is -2.03. The molecular weight excluding hydrogens is 314 g/mol. The Kier molecular flexibility index (Phi) is 3.74. The van der Waals surface area contributed by atoms with E-state index in [0.29, 0.717) is 12.2 Å². The Morgan fingerprint density at radius 1 is 1.00 bits per heavy atom. The summed E-state index contributed by atoms with van der Waals surface area (Å²) < 4.78 is 1.82. The minimum absolute atomic E-state index is 0.156. The van der Waals surface area contributed by atoms with Crippen LogP contribution in [0.4, 0.5) is 0 Å². The van der Waals surface area contributed by atoms with Gasteiger partial charge in [-0.1, -0.05) is 60.7 Å². The first kappa shape index (κ1) is 15.1. The molecule has 0 bridgehead atoms. The van der Waals surface area contributed by atoms with E-state index >= 15 is 0 Å². The molecule has 2 aromatic heterocycles. The topological polar surface area (TPSA) is 68.0 Å². The molecule has 0 fully saturated rings. The first-order chi connectivity index (χ1) is 12.2. The van der Waals surface area contributed by atoms with Crippen LogP contribution in [0.25, 0.3) is 22.3 Å². The molecule has 5 nitrogen and oxygen atoms in total. The molecule has 122 valence electrons. The van der Waals surface area contributed by atoms with Gasteiger partial charge in [0.15, 0.2) is 5.65 Å². The third-order valence-electron chi connectivity index (χ3n) is 4.06. The van der Waals surface area contributed by atoms with Crippen LogP contribution in [0.3, 0.4) is 0 Å². The van der Waals surface area contributed by atoms with Gasteiger partial charge >= 0.3 is 5.97 Å². The van der Waals surface area contributed by atoms with Crippen LogP contribution in [0.1, 0.15) is 15.9 Å². The number of aromatic carboxylic acids is 1. The Balaban J connectivity index is 1.90. The van der Waals surface area contributed by atoms with Crippen molar-refractivity contribution in [1.82, 2.24) is 14.8 Å². The molecule has 25 heavy (non-hydrogen) atoms. The summed E-state index contributed by atoms with van der Waals surface area (Å²) in [6.07, 6.45) is 1.38. The van der Waals surface area contributed by atoms with Gasteiger partial charge in [-0.3, -0.25) is 0 Å². The molecule has 4 rings (SSSR count). The van der Waals surface area contributed by atoms with Gasteiger partial charge in [0.2, 0.25) is 0 Å². The van der Waals surface area contributed by atoms with Crippen molar-refractivity contribution in [2.45, 2.75) is 6.54 Å². The molecule has 0 spiro atoms. The smallest absolute Gasteiger partial charge is 0.337 e. The number of aromatic nitrogens is 3. The monoisotopic (exact) mass is 329 g/mol. The Labute approximate surface area is 144 Å². The van der Waals surface area contributed by atoms with Crippen molar-refractivity contribution >= 4 is 17.0 Å². The van der Waals surface area contributed by atoms with Gasteiger partial charge in [-0.2, -0.15) is 5.10 Å². The van der Waals surface area contributed by atoms with E-state index in [0.717, 1.165) is 22.2 Å². The zero-order valence-electron chi connectivity index (χ0n) is 13.3. The van der Waals surface area contributed by atoms with Gasteiger partial charge in [-0.25, -0.2) is 14.5 Å². The minimum atomic E-state index is -0.996. The fraction of sp³-hybridized carbons (Fsp3) is 0.0500. The van der Waals surface area contributed by atoms with Crippen LogP contribution in [-0.4, -0.2) is 25.8 Å². The van der Waals surface area contributed by atoms with Crippen molar-refractivity contribution in [2.24, 2.45) is 0 Å². The number of fused-ring (bicyclic) bond motifs is 1. The summed E-state index contributed by atoms with van der Waals surface area (Å²) in [6, 6.07) is 21.4. The average Bonchev–Trinajstić information content (AvgIpc) is 3.01. The van der Waals surface area contributed by atoms with Crippen molar-refractivity contribution < 1.29 is 9.90 Å². The molecule has 0 amide bonds. The lowest BCUT2D eigenvalue weighted by atomic mass is 10.1. The van der Waals surface area contributed by atoms with Gasteiger partial charge in [-0.05, 0) is 11.6 Å². The molecule has 0 aliphatic heterocycles. The number of pyridine rings is 1. The highest BCUT2D eigenvalue weighted by molar-refractivity contribution is 5.97. The van der Waals surface area contributed by atoms with Crippen molar-refractivity contribution in [2.75, 3.05) is 0 Å². The highest BCUT2D eigenvalue weighted by Crippen LogP contribution is 2.28. The summed E-state index contributed by atoms with van der Waals surface area (Å²) in [7, 11) is 0. The van der Waals surface area contributed by atoms with E-state index in [9.17, 15) is 9.90 Å². The van der Waals surface area contributed by atoms with Crippen LogP contribution in [0.5, 0.6) is 0 Å². The minimum Gasteiger partial charge on any atom is -0.478 e. The number of nitrogens with zero attached hydrogens (tertiary/aromatic N) is 3. The highest BCUT2D eigenvalue weighted by Gasteiger charge is 2.16. The summed E-state index contributed by atoms with van der Waals surface area (Å²) in [5.41, 5.74) is 3.61.